The number of anilines is 2. The fourth-order valence-electron chi connectivity index (χ4n) is 2.49. The van der Waals surface area contributed by atoms with Crippen molar-refractivity contribution in [1.29, 1.82) is 0 Å². The number of nitrogens with two attached hydrogens (primary N) is 1. The first kappa shape index (κ1) is 12.1. The lowest BCUT2D eigenvalue weighted by Gasteiger charge is -2.25. The van der Waals surface area contributed by atoms with Crippen molar-refractivity contribution in [3.05, 3.63) is 11.9 Å². The molecule has 1 aromatic heterocycles. The highest BCUT2D eigenvalue weighted by molar-refractivity contribution is 5.48. The zero-order chi connectivity index (χ0) is 12.3. The Kier molecular flexibility index (Phi) is 3.78. The number of hydrogen-bond acceptors (Lipinski definition) is 5. The largest absolute Gasteiger partial charge is 0.396 e. The van der Waals surface area contributed by atoms with E-state index in [9.17, 15) is 0 Å². The minimum Gasteiger partial charge on any atom is -0.396 e. The second kappa shape index (κ2) is 5.31. The Hall–Kier alpha value is -1.36. The molecular weight excluding hydrogens is 216 g/mol. The zero-order valence-electron chi connectivity index (χ0n) is 10.3. The summed E-state index contributed by atoms with van der Waals surface area (Å²) >= 11 is 0. The lowest BCUT2D eigenvalue weighted by molar-refractivity contribution is 0.279. The summed E-state index contributed by atoms with van der Waals surface area (Å²) < 4.78 is 0. The van der Waals surface area contributed by atoms with E-state index in [0.29, 0.717) is 17.7 Å². The van der Waals surface area contributed by atoms with Crippen LogP contribution in [0.25, 0.3) is 0 Å². The number of aryl methyl sites for hydroxylation is 1. The van der Waals surface area contributed by atoms with Gasteiger partial charge in [-0.3, -0.25) is 0 Å². The van der Waals surface area contributed by atoms with Gasteiger partial charge < -0.3 is 15.7 Å². The average Bonchev–Trinajstić information content (AvgIpc) is 2.73. The monoisotopic (exact) mass is 236 g/mol. The maximum Gasteiger partial charge on any atom is 0.134 e. The van der Waals surface area contributed by atoms with Crippen LogP contribution < -0.4 is 10.6 Å². The highest BCUT2D eigenvalue weighted by Crippen LogP contribution is 2.27. The molecular formula is C12H20N4O. The standard InChI is InChI=1S/C12H20N4O/c1-9-14-11(13)8-12(15-9)16-6-2-4-10(16)5-3-7-17/h8,10,17H,2-7H2,1H3,(H2,13,14,15). The number of nitrogen functional groups attached to an aromatic ring is 1. The molecule has 1 atom stereocenters. The van der Waals surface area contributed by atoms with Crippen molar-refractivity contribution in [2.45, 2.75) is 38.6 Å². The van der Waals surface area contributed by atoms with E-state index in [4.69, 9.17) is 10.8 Å². The average molecular weight is 236 g/mol. The van der Waals surface area contributed by atoms with Gasteiger partial charge in [-0.15, -0.1) is 0 Å². The molecule has 3 N–H and O–H groups in total. The van der Waals surface area contributed by atoms with Gasteiger partial charge in [0.1, 0.15) is 17.5 Å². The quantitative estimate of drug-likeness (QED) is 0.819. The van der Waals surface area contributed by atoms with Crippen molar-refractivity contribution in [3.63, 3.8) is 0 Å². The SMILES string of the molecule is Cc1nc(N)cc(N2CCCC2CCCO)n1. The van der Waals surface area contributed by atoms with E-state index in [0.717, 1.165) is 25.2 Å². The number of aliphatic hydroxyl groups is 1. The Morgan fingerprint density at radius 1 is 1.53 bits per heavy atom. The van der Waals surface area contributed by atoms with Gasteiger partial charge in [-0.25, -0.2) is 9.97 Å². The molecule has 1 saturated heterocycles. The minimum absolute atomic E-state index is 0.259. The second-order valence-electron chi connectivity index (χ2n) is 4.55. The van der Waals surface area contributed by atoms with Crippen molar-refractivity contribution in [3.8, 4) is 0 Å². The molecule has 5 heteroatoms. The van der Waals surface area contributed by atoms with Gasteiger partial charge in [-0.05, 0) is 32.6 Å². The Balaban J connectivity index is 2.14. The summed E-state index contributed by atoms with van der Waals surface area (Å²) in [6.07, 6.45) is 4.21. The van der Waals surface area contributed by atoms with Gasteiger partial charge >= 0.3 is 0 Å². The lowest BCUT2D eigenvalue weighted by atomic mass is 10.1. The molecule has 5 nitrogen and oxygen atoms in total. The number of aromatic nitrogens is 2. The molecule has 1 fully saturated rings. The van der Waals surface area contributed by atoms with E-state index in [1.807, 2.05) is 13.0 Å². The fraction of sp³-hybridized carbons (Fsp3) is 0.667. The molecule has 1 aromatic rings. The molecule has 1 aliphatic heterocycles. The van der Waals surface area contributed by atoms with Crippen LogP contribution in [0.15, 0.2) is 6.07 Å². The number of rotatable bonds is 4. The predicted octanol–water partition coefficient (Wildman–Crippen LogP) is 1.11. The van der Waals surface area contributed by atoms with E-state index in [1.54, 1.807) is 0 Å². The topological polar surface area (TPSA) is 75.3 Å². The van der Waals surface area contributed by atoms with Crippen LogP contribution in [0.1, 0.15) is 31.5 Å². The summed E-state index contributed by atoms with van der Waals surface area (Å²) in [6.45, 7) is 3.14. The van der Waals surface area contributed by atoms with Crippen LogP contribution in [0.5, 0.6) is 0 Å². The molecule has 2 rings (SSSR count). The van der Waals surface area contributed by atoms with Gasteiger partial charge in [-0.1, -0.05) is 0 Å². The van der Waals surface area contributed by atoms with Crippen LogP contribution in [0.4, 0.5) is 11.6 Å². The molecule has 0 radical (unpaired) electrons. The summed E-state index contributed by atoms with van der Waals surface area (Å²) in [6, 6.07) is 2.32. The predicted molar refractivity (Wildman–Crippen MR) is 67.9 cm³/mol. The van der Waals surface area contributed by atoms with Crippen molar-refractivity contribution in [2.24, 2.45) is 0 Å². The summed E-state index contributed by atoms with van der Waals surface area (Å²) in [5.74, 6) is 2.17. The third-order valence-corrected chi connectivity index (χ3v) is 3.21. The maximum atomic E-state index is 8.91. The minimum atomic E-state index is 0.259. The van der Waals surface area contributed by atoms with Crippen molar-refractivity contribution >= 4 is 11.6 Å². The highest BCUT2D eigenvalue weighted by Gasteiger charge is 2.25. The fourth-order valence-corrected chi connectivity index (χ4v) is 2.49. The van der Waals surface area contributed by atoms with Crippen LogP contribution in [0.3, 0.4) is 0 Å². The van der Waals surface area contributed by atoms with E-state index in [2.05, 4.69) is 14.9 Å². The second-order valence-corrected chi connectivity index (χ2v) is 4.55. The molecule has 0 bridgehead atoms. The van der Waals surface area contributed by atoms with Gasteiger partial charge in [-0.2, -0.15) is 0 Å². The van der Waals surface area contributed by atoms with Crippen LogP contribution in [0, 0.1) is 6.92 Å². The first-order valence-electron chi connectivity index (χ1n) is 6.19. The van der Waals surface area contributed by atoms with E-state index < -0.39 is 0 Å². The molecule has 2 heterocycles. The van der Waals surface area contributed by atoms with Crippen molar-refractivity contribution in [2.75, 3.05) is 23.8 Å². The highest BCUT2D eigenvalue weighted by atomic mass is 16.2. The van der Waals surface area contributed by atoms with Crippen LogP contribution in [-0.2, 0) is 0 Å². The molecule has 0 aromatic carbocycles. The summed E-state index contributed by atoms with van der Waals surface area (Å²) in [7, 11) is 0. The first-order valence-corrected chi connectivity index (χ1v) is 6.19. The van der Waals surface area contributed by atoms with Gasteiger partial charge in [0, 0.05) is 25.3 Å². The van der Waals surface area contributed by atoms with Gasteiger partial charge in [0.05, 0.1) is 0 Å². The van der Waals surface area contributed by atoms with Crippen LogP contribution in [-0.4, -0.2) is 34.3 Å². The zero-order valence-corrected chi connectivity index (χ0v) is 10.3. The summed E-state index contributed by atoms with van der Waals surface area (Å²) in [5.41, 5.74) is 5.75. The molecule has 1 unspecified atom stereocenters. The van der Waals surface area contributed by atoms with Gasteiger partial charge in [0.2, 0.25) is 0 Å². The maximum absolute atomic E-state index is 8.91. The molecule has 94 valence electrons. The molecule has 0 amide bonds. The normalized spacial score (nSPS) is 19.9. The smallest absolute Gasteiger partial charge is 0.134 e. The third-order valence-electron chi connectivity index (χ3n) is 3.21. The Morgan fingerprint density at radius 3 is 3.06 bits per heavy atom. The van der Waals surface area contributed by atoms with Crippen molar-refractivity contribution < 1.29 is 5.11 Å². The molecule has 1 aliphatic rings. The van der Waals surface area contributed by atoms with E-state index in [1.165, 1.54) is 12.8 Å². The van der Waals surface area contributed by atoms with E-state index >= 15 is 0 Å². The molecule has 17 heavy (non-hydrogen) atoms. The summed E-state index contributed by atoms with van der Waals surface area (Å²) in [5, 5.41) is 8.91. The molecule has 0 saturated carbocycles. The number of aliphatic hydroxyl groups excluding tert-OH is 1. The first-order chi connectivity index (χ1) is 8.20. The Bertz CT molecular complexity index is 363. The third kappa shape index (κ3) is 2.85. The summed E-state index contributed by atoms with van der Waals surface area (Å²) in [4.78, 5) is 10.8. The molecule has 0 spiro atoms. The number of nitrogens with zero attached hydrogens (tertiary/aromatic N) is 3. The van der Waals surface area contributed by atoms with Crippen molar-refractivity contribution in [1.82, 2.24) is 9.97 Å². The van der Waals surface area contributed by atoms with Gasteiger partial charge in [0.15, 0.2) is 0 Å². The lowest BCUT2D eigenvalue weighted by Crippen LogP contribution is -2.30. The molecule has 0 aliphatic carbocycles. The Morgan fingerprint density at radius 2 is 2.35 bits per heavy atom. The Labute approximate surface area is 102 Å². The van der Waals surface area contributed by atoms with E-state index in [-0.39, 0.29) is 6.61 Å². The van der Waals surface area contributed by atoms with Gasteiger partial charge in [0.25, 0.3) is 0 Å². The number of hydrogen-bond donors (Lipinski definition) is 2. The van der Waals surface area contributed by atoms with Crippen LogP contribution in [0.2, 0.25) is 0 Å². The van der Waals surface area contributed by atoms with Crippen LogP contribution >= 0.6 is 0 Å².